The highest BCUT2D eigenvalue weighted by atomic mass is 19.1. The van der Waals surface area contributed by atoms with Crippen molar-refractivity contribution >= 4 is 0 Å². The topological polar surface area (TPSA) is 15.3 Å². The minimum absolute atomic E-state index is 0.133. The van der Waals surface area contributed by atoms with Gasteiger partial charge in [-0.05, 0) is 69.0 Å². The van der Waals surface area contributed by atoms with Gasteiger partial charge in [-0.1, -0.05) is 13.0 Å². The van der Waals surface area contributed by atoms with Gasteiger partial charge >= 0.3 is 0 Å². The molecule has 0 radical (unpaired) electrons. The van der Waals surface area contributed by atoms with E-state index in [0.29, 0.717) is 12.0 Å². The molecular weight excluding hydrogens is 251 g/mol. The van der Waals surface area contributed by atoms with Crippen LogP contribution in [-0.4, -0.2) is 37.1 Å². The molecule has 2 unspecified atom stereocenters. The molecule has 0 spiro atoms. The maximum atomic E-state index is 13.1. The van der Waals surface area contributed by atoms with Crippen molar-refractivity contribution in [2.24, 2.45) is 5.92 Å². The summed E-state index contributed by atoms with van der Waals surface area (Å²) in [6.45, 7) is 11.1. The number of halogens is 1. The van der Waals surface area contributed by atoms with E-state index in [1.165, 1.54) is 12.0 Å². The van der Waals surface area contributed by atoms with Gasteiger partial charge in [0.15, 0.2) is 0 Å². The minimum Gasteiger partial charge on any atom is -0.314 e. The summed E-state index contributed by atoms with van der Waals surface area (Å²) in [5.41, 5.74) is 2.34. The third-order valence-corrected chi connectivity index (χ3v) is 4.26. The molecule has 1 aliphatic heterocycles. The Bertz CT molecular complexity index is 433. The largest absolute Gasteiger partial charge is 0.314 e. The fourth-order valence-corrected chi connectivity index (χ4v) is 2.90. The van der Waals surface area contributed by atoms with Gasteiger partial charge in [-0.25, -0.2) is 4.39 Å². The monoisotopic (exact) mass is 278 g/mol. The van der Waals surface area contributed by atoms with Crippen LogP contribution in [0.15, 0.2) is 18.2 Å². The molecule has 2 rings (SSSR count). The van der Waals surface area contributed by atoms with Gasteiger partial charge < -0.3 is 10.2 Å². The Hall–Kier alpha value is -0.930. The standard InChI is InChI=1S/C17H27FN2/c1-13-11-19-15(3)6-8-20(12-13)9-7-16-4-5-17(18)10-14(16)2/h4-5,10,13,15,19H,6-9,11-12H2,1-3H3. The van der Waals surface area contributed by atoms with E-state index in [2.05, 4.69) is 24.1 Å². The van der Waals surface area contributed by atoms with Crippen molar-refractivity contribution in [1.29, 1.82) is 0 Å². The first-order valence-corrected chi connectivity index (χ1v) is 7.75. The lowest BCUT2D eigenvalue weighted by Gasteiger charge is -2.31. The Labute approximate surface area is 122 Å². The molecule has 1 aromatic rings. The predicted molar refractivity (Wildman–Crippen MR) is 82.5 cm³/mol. The van der Waals surface area contributed by atoms with Gasteiger partial charge in [0.1, 0.15) is 5.82 Å². The van der Waals surface area contributed by atoms with Crippen LogP contribution in [0.5, 0.6) is 0 Å². The molecule has 0 aliphatic carbocycles. The van der Waals surface area contributed by atoms with Crippen LogP contribution in [0.25, 0.3) is 0 Å². The van der Waals surface area contributed by atoms with Gasteiger partial charge in [0.05, 0.1) is 0 Å². The molecule has 3 heteroatoms. The van der Waals surface area contributed by atoms with Gasteiger partial charge in [0, 0.05) is 19.1 Å². The summed E-state index contributed by atoms with van der Waals surface area (Å²) in [7, 11) is 0. The number of benzene rings is 1. The maximum absolute atomic E-state index is 13.1. The van der Waals surface area contributed by atoms with Crippen molar-refractivity contribution in [2.45, 2.75) is 39.7 Å². The third-order valence-electron chi connectivity index (χ3n) is 4.26. The van der Waals surface area contributed by atoms with E-state index < -0.39 is 0 Å². The molecule has 2 atom stereocenters. The molecule has 0 saturated carbocycles. The van der Waals surface area contributed by atoms with Crippen LogP contribution in [0.3, 0.4) is 0 Å². The molecule has 0 bridgehead atoms. The summed E-state index contributed by atoms with van der Waals surface area (Å²) >= 11 is 0. The summed E-state index contributed by atoms with van der Waals surface area (Å²) in [5.74, 6) is 0.554. The van der Waals surface area contributed by atoms with Crippen LogP contribution in [0.1, 0.15) is 31.4 Å². The fourth-order valence-electron chi connectivity index (χ4n) is 2.90. The maximum Gasteiger partial charge on any atom is 0.123 e. The number of aryl methyl sites for hydroxylation is 1. The van der Waals surface area contributed by atoms with E-state index in [-0.39, 0.29) is 5.82 Å². The Morgan fingerprint density at radius 1 is 1.35 bits per heavy atom. The molecule has 20 heavy (non-hydrogen) atoms. The number of nitrogens with one attached hydrogen (secondary N) is 1. The normalized spacial score (nSPS) is 25.2. The second-order valence-corrected chi connectivity index (χ2v) is 6.32. The number of hydrogen-bond donors (Lipinski definition) is 1. The molecule has 1 aromatic carbocycles. The Balaban J connectivity index is 1.91. The summed E-state index contributed by atoms with van der Waals surface area (Å²) in [5, 5.41) is 3.58. The molecule has 0 aromatic heterocycles. The Morgan fingerprint density at radius 2 is 2.15 bits per heavy atom. The zero-order valence-electron chi connectivity index (χ0n) is 13.0. The highest BCUT2D eigenvalue weighted by molar-refractivity contribution is 5.26. The second-order valence-electron chi connectivity index (χ2n) is 6.32. The highest BCUT2D eigenvalue weighted by Crippen LogP contribution is 2.13. The van der Waals surface area contributed by atoms with Gasteiger partial charge in [0.25, 0.3) is 0 Å². The molecule has 1 N–H and O–H groups in total. The zero-order chi connectivity index (χ0) is 14.5. The first kappa shape index (κ1) is 15.5. The van der Waals surface area contributed by atoms with Crippen LogP contribution >= 0.6 is 0 Å². The highest BCUT2D eigenvalue weighted by Gasteiger charge is 2.16. The van der Waals surface area contributed by atoms with E-state index in [1.54, 1.807) is 12.1 Å². The molecule has 1 heterocycles. The van der Waals surface area contributed by atoms with Crippen LogP contribution < -0.4 is 5.32 Å². The number of rotatable bonds is 3. The van der Waals surface area contributed by atoms with Gasteiger partial charge in [-0.3, -0.25) is 0 Å². The van der Waals surface area contributed by atoms with Crippen molar-refractivity contribution in [3.63, 3.8) is 0 Å². The van der Waals surface area contributed by atoms with Gasteiger partial charge in [-0.2, -0.15) is 0 Å². The van der Waals surface area contributed by atoms with Crippen molar-refractivity contribution in [1.82, 2.24) is 10.2 Å². The first-order chi connectivity index (χ1) is 9.54. The smallest absolute Gasteiger partial charge is 0.123 e. The fraction of sp³-hybridized carbons (Fsp3) is 0.647. The average Bonchev–Trinajstić information content (AvgIpc) is 2.39. The predicted octanol–water partition coefficient (Wildman–Crippen LogP) is 3.00. The molecule has 1 fully saturated rings. The SMILES string of the molecule is Cc1cc(F)ccc1CCN1CCC(C)NCC(C)C1. The van der Waals surface area contributed by atoms with Crippen LogP contribution in [0, 0.1) is 18.7 Å². The molecule has 112 valence electrons. The lowest BCUT2D eigenvalue weighted by molar-refractivity contribution is 0.204. The number of nitrogens with zero attached hydrogens (tertiary/aromatic N) is 1. The third kappa shape index (κ3) is 4.57. The van der Waals surface area contributed by atoms with Crippen molar-refractivity contribution in [3.05, 3.63) is 35.1 Å². The summed E-state index contributed by atoms with van der Waals surface area (Å²) in [6, 6.07) is 5.75. The summed E-state index contributed by atoms with van der Waals surface area (Å²) in [4.78, 5) is 2.56. The number of hydrogen-bond acceptors (Lipinski definition) is 2. The average molecular weight is 278 g/mol. The Morgan fingerprint density at radius 3 is 2.90 bits per heavy atom. The second kappa shape index (κ2) is 7.19. The van der Waals surface area contributed by atoms with E-state index >= 15 is 0 Å². The molecular formula is C17H27FN2. The Kier molecular flexibility index (Phi) is 5.55. The van der Waals surface area contributed by atoms with Gasteiger partial charge in [0.2, 0.25) is 0 Å². The van der Waals surface area contributed by atoms with Crippen LogP contribution in [0.2, 0.25) is 0 Å². The summed E-state index contributed by atoms with van der Waals surface area (Å²) in [6.07, 6.45) is 2.22. The van der Waals surface area contributed by atoms with Crippen LogP contribution in [0.4, 0.5) is 4.39 Å². The lowest BCUT2D eigenvalue weighted by Crippen LogP contribution is -2.43. The van der Waals surface area contributed by atoms with Crippen molar-refractivity contribution in [2.75, 3.05) is 26.2 Å². The van der Waals surface area contributed by atoms with E-state index in [1.807, 2.05) is 13.0 Å². The zero-order valence-corrected chi connectivity index (χ0v) is 13.0. The summed E-state index contributed by atoms with van der Waals surface area (Å²) < 4.78 is 13.1. The van der Waals surface area contributed by atoms with E-state index in [0.717, 1.165) is 38.2 Å². The van der Waals surface area contributed by atoms with Gasteiger partial charge in [-0.15, -0.1) is 0 Å². The molecule has 1 saturated heterocycles. The minimum atomic E-state index is -0.133. The van der Waals surface area contributed by atoms with E-state index in [4.69, 9.17) is 0 Å². The quantitative estimate of drug-likeness (QED) is 0.914. The lowest BCUT2D eigenvalue weighted by atomic mass is 10.0. The van der Waals surface area contributed by atoms with Crippen LogP contribution in [-0.2, 0) is 6.42 Å². The van der Waals surface area contributed by atoms with Crippen molar-refractivity contribution < 1.29 is 4.39 Å². The van der Waals surface area contributed by atoms with Crippen molar-refractivity contribution in [3.8, 4) is 0 Å². The molecule has 2 nitrogen and oxygen atoms in total. The van der Waals surface area contributed by atoms with E-state index in [9.17, 15) is 4.39 Å². The first-order valence-electron chi connectivity index (χ1n) is 7.75. The molecule has 0 amide bonds. The molecule has 1 aliphatic rings.